The number of phenolic OH excluding ortho intramolecular Hbond substituents is 2. The van der Waals surface area contributed by atoms with Gasteiger partial charge in [0.25, 0.3) is 0 Å². The second kappa shape index (κ2) is 5.69. The number of benzene rings is 2. The first kappa shape index (κ1) is 15.5. The first-order valence-corrected chi connectivity index (χ1v) is 6.91. The Labute approximate surface area is 135 Å². The highest BCUT2D eigenvalue weighted by molar-refractivity contribution is 5.89. The number of hydrogen-bond acceptors (Lipinski definition) is 7. The molecule has 3 aromatic rings. The highest BCUT2D eigenvalue weighted by Gasteiger charge is 2.22. The molecule has 0 saturated heterocycles. The molecular weight excluding hydrogens is 316 g/mol. The van der Waals surface area contributed by atoms with Crippen molar-refractivity contribution in [3.05, 3.63) is 40.6 Å². The first-order chi connectivity index (χ1) is 11.5. The third-order valence-electron chi connectivity index (χ3n) is 3.60. The molecule has 0 fully saturated rings. The molecule has 0 aliphatic carbocycles. The number of phenols is 2. The minimum atomic E-state index is -0.809. The lowest BCUT2D eigenvalue weighted by atomic mass is 10.1. The molecule has 1 heterocycles. The Morgan fingerprint density at radius 2 is 1.75 bits per heavy atom. The van der Waals surface area contributed by atoms with E-state index in [9.17, 15) is 20.1 Å². The van der Waals surface area contributed by atoms with Crippen LogP contribution in [-0.4, -0.2) is 29.5 Å². The van der Waals surface area contributed by atoms with E-state index in [4.69, 9.17) is 13.9 Å². The van der Waals surface area contributed by atoms with Crippen LogP contribution in [0.5, 0.6) is 28.7 Å². The predicted octanol–water partition coefficient (Wildman–Crippen LogP) is 2.59. The monoisotopic (exact) mass is 330 g/mol. The molecule has 1 aromatic heterocycles. The van der Waals surface area contributed by atoms with E-state index < -0.39 is 11.2 Å². The standard InChI is InChI=1S/C17H14O7/c1-22-8-6-11(19)13-12(7-8)24-17(15(21)14(13)20)9-4-3-5-10(18)16(9)23-2/h3-7,18-19,21H,1-2H3. The highest BCUT2D eigenvalue weighted by Crippen LogP contribution is 2.42. The number of rotatable bonds is 3. The van der Waals surface area contributed by atoms with Gasteiger partial charge in [0.2, 0.25) is 11.2 Å². The topological polar surface area (TPSA) is 109 Å². The van der Waals surface area contributed by atoms with Gasteiger partial charge in [0, 0.05) is 12.1 Å². The quantitative estimate of drug-likeness (QED) is 0.677. The lowest BCUT2D eigenvalue weighted by molar-refractivity contribution is 0.372. The van der Waals surface area contributed by atoms with Gasteiger partial charge < -0.3 is 29.2 Å². The molecule has 0 bridgehead atoms. The van der Waals surface area contributed by atoms with Gasteiger partial charge in [0.15, 0.2) is 17.3 Å². The van der Waals surface area contributed by atoms with E-state index in [1.807, 2.05) is 0 Å². The van der Waals surface area contributed by atoms with Gasteiger partial charge in [-0.3, -0.25) is 4.79 Å². The Balaban J connectivity index is 2.41. The van der Waals surface area contributed by atoms with Crippen LogP contribution in [0.2, 0.25) is 0 Å². The van der Waals surface area contributed by atoms with Crippen LogP contribution in [0.15, 0.2) is 39.5 Å². The molecule has 0 amide bonds. The minimum absolute atomic E-state index is 0.0232. The molecular formula is C17H14O7. The molecule has 2 aromatic carbocycles. The Morgan fingerprint density at radius 1 is 1.00 bits per heavy atom. The van der Waals surface area contributed by atoms with Crippen molar-refractivity contribution in [1.82, 2.24) is 0 Å². The molecule has 0 radical (unpaired) electrons. The van der Waals surface area contributed by atoms with Crippen LogP contribution < -0.4 is 14.9 Å². The summed E-state index contributed by atoms with van der Waals surface area (Å²) >= 11 is 0. The number of methoxy groups -OCH3 is 2. The third-order valence-corrected chi connectivity index (χ3v) is 3.60. The summed E-state index contributed by atoms with van der Waals surface area (Å²) in [7, 11) is 2.74. The molecule has 7 nitrogen and oxygen atoms in total. The van der Waals surface area contributed by atoms with Crippen LogP contribution in [-0.2, 0) is 0 Å². The van der Waals surface area contributed by atoms with E-state index in [0.717, 1.165) is 0 Å². The summed E-state index contributed by atoms with van der Waals surface area (Å²) in [5, 5.41) is 29.9. The van der Waals surface area contributed by atoms with Gasteiger partial charge in [0.05, 0.1) is 19.8 Å². The average molecular weight is 330 g/mol. The van der Waals surface area contributed by atoms with Crippen molar-refractivity contribution >= 4 is 11.0 Å². The number of para-hydroxylation sites is 1. The summed E-state index contributed by atoms with van der Waals surface area (Å²) in [4.78, 5) is 12.4. The number of fused-ring (bicyclic) bond motifs is 1. The molecule has 0 aliphatic heterocycles. The molecule has 7 heteroatoms. The predicted molar refractivity (Wildman–Crippen MR) is 86.0 cm³/mol. The minimum Gasteiger partial charge on any atom is -0.507 e. The Kier molecular flexibility index (Phi) is 3.69. The highest BCUT2D eigenvalue weighted by atomic mass is 16.5. The Morgan fingerprint density at radius 3 is 2.42 bits per heavy atom. The van der Waals surface area contributed by atoms with E-state index in [1.54, 1.807) is 0 Å². The maximum Gasteiger partial charge on any atom is 0.238 e. The van der Waals surface area contributed by atoms with Gasteiger partial charge in [-0.25, -0.2) is 0 Å². The number of aromatic hydroxyl groups is 3. The van der Waals surface area contributed by atoms with Crippen molar-refractivity contribution < 1.29 is 29.2 Å². The van der Waals surface area contributed by atoms with Crippen LogP contribution in [0.25, 0.3) is 22.3 Å². The van der Waals surface area contributed by atoms with Crippen molar-refractivity contribution in [1.29, 1.82) is 0 Å². The fourth-order valence-corrected chi connectivity index (χ4v) is 2.48. The fourth-order valence-electron chi connectivity index (χ4n) is 2.48. The van der Waals surface area contributed by atoms with Crippen LogP contribution in [0.3, 0.4) is 0 Å². The molecule has 0 spiro atoms. The Hall–Kier alpha value is -3.35. The summed E-state index contributed by atoms with van der Waals surface area (Å²) in [5.41, 5.74) is -0.594. The summed E-state index contributed by atoms with van der Waals surface area (Å²) in [6, 6.07) is 7.08. The van der Waals surface area contributed by atoms with E-state index in [-0.39, 0.29) is 45.3 Å². The lowest BCUT2D eigenvalue weighted by Gasteiger charge is -2.12. The molecule has 0 aliphatic rings. The molecule has 0 atom stereocenters. The maximum atomic E-state index is 12.4. The fraction of sp³-hybridized carbons (Fsp3) is 0.118. The number of ether oxygens (including phenoxy) is 2. The van der Waals surface area contributed by atoms with Crippen LogP contribution in [0.4, 0.5) is 0 Å². The summed E-state index contributed by atoms with van der Waals surface area (Å²) in [5.74, 6) is -1.11. The van der Waals surface area contributed by atoms with E-state index >= 15 is 0 Å². The van der Waals surface area contributed by atoms with Gasteiger partial charge in [-0.05, 0) is 12.1 Å². The Bertz CT molecular complexity index is 988. The second-order valence-corrected chi connectivity index (χ2v) is 4.99. The van der Waals surface area contributed by atoms with Crippen molar-refractivity contribution in [2.24, 2.45) is 0 Å². The summed E-state index contributed by atoms with van der Waals surface area (Å²) in [6.45, 7) is 0. The molecule has 0 saturated carbocycles. The van der Waals surface area contributed by atoms with Crippen LogP contribution in [0, 0.1) is 0 Å². The zero-order valence-corrected chi connectivity index (χ0v) is 12.9. The lowest BCUT2D eigenvalue weighted by Crippen LogP contribution is -2.04. The van der Waals surface area contributed by atoms with Gasteiger partial charge in [-0.15, -0.1) is 0 Å². The van der Waals surface area contributed by atoms with Crippen LogP contribution >= 0.6 is 0 Å². The normalized spacial score (nSPS) is 10.8. The summed E-state index contributed by atoms with van der Waals surface area (Å²) < 4.78 is 15.7. The zero-order valence-electron chi connectivity index (χ0n) is 12.9. The van der Waals surface area contributed by atoms with Gasteiger partial charge in [-0.1, -0.05) is 6.07 Å². The maximum absolute atomic E-state index is 12.4. The average Bonchev–Trinajstić information content (AvgIpc) is 2.57. The third kappa shape index (κ3) is 2.26. The largest absolute Gasteiger partial charge is 0.507 e. The van der Waals surface area contributed by atoms with Crippen LogP contribution in [0.1, 0.15) is 0 Å². The van der Waals surface area contributed by atoms with Crippen molar-refractivity contribution in [3.8, 4) is 40.1 Å². The zero-order chi connectivity index (χ0) is 17.4. The van der Waals surface area contributed by atoms with Gasteiger partial charge in [0.1, 0.15) is 22.5 Å². The molecule has 24 heavy (non-hydrogen) atoms. The second-order valence-electron chi connectivity index (χ2n) is 4.99. The molecule has 3 rings (SSSR count). The molecule has 124 valence electrons. The van der Waals surface area contributed by atoms with E-state index in [2.05, 4.69) is 0 Å². The van der Waals surface area contributed by atoms with E-state index in [1.165, 1.54) is 44.6 Å². The first-order valence-electron chi connectivity index (χ1n) is 6.91. The molecule has 3 N–H and O–H groups in total. The van der Waals surface area contributed by atoms with Gasteiger partial charge in [-0.2, -0.15) is 0 Å². The van der Waals surface area contributed by atoms with E-state index in [0.29, 0.717) is 0 Å². The van der Waals surface area contributed by atoms with Gasteiger partial charge >= 0.3 is 0 Å². The SMILES string of the molecule is COc1cc(O)c2c(=O)c(O)c(-c3cccc(O)c3OC)oc2c1. The number of hydrogen-bond donors (Lipinski definition) is 3. The smallest absolute Gasteiger partial charge is 0.238 e. The van der Waals surface area contributed by atoms with Crippen molar-refractivity contribution in [2.45, 2.75) is 0 Å². The summed E-state index contributed by atoms with van der Waals surface area (Å²) in [6.07, 6.45) is 0. The van der Waals surface area contributed by atoms with Crippen molar-refractivity contribution in [2.75, 3.05) is 14.2 Å². The van der Waals surface area contributed by atoms with Crippen molar-refractivity contribution in [3.63, 3.8) is 0 Å². The molecule has 0 unspecified atom stereocenters.